The molecule has 2 N–H and O–H groups in total. The summed E-state index contributed by atoms with van der Waals surface area (Å²) >= 11 is 0. The smallest absolute Gasteiger partial charge is 0.186 e. The van der Waals surface area contributed by atoms with Crippen molar-refractivity contribution in [1.82, 2.24) is 15.0 Å². The second-order valence-corrected chi connectivity index (χ2v) is 6.14. The largest absolute Gasteiger partial charge is 0.506 e. The number of aliphatic hydroxyl groups is 1. The Morgan fingerprint density at radius 3 is 2.48 bits per heavy atom. The van der Waals surface area contributed by atoms with Gasteiger partial charge in [0, 0.05) is 0 Å². The van der Waals surface area contributed by atoms with Crippen LogP contribution in [0.5, 0.6) is 5.75 Å². The predicted octanol–water partition coefficient (Wildman–Crippen LogP) is 2.56. The van der Waals surface area contributed by atoms with Gasteiger partial charge in [0.1, 0.15) is 28.1 Å². The van der Waals surface area contributed by atoms with Crippen molar-refractivity contribution >= 4 is 16.8 Å². The van der Waals surface area contributed by atoms with Crippen LogP contribution in [0.4, 0.5) is 0 Å². The molecule has 128 valence electrons. The van der Waals surface area contributed by atoms with Gasteiger partial charge in [-0.05, 0) is 55.7 Å². The monoisotopic (exact) mass is 337 g/mol. The number of fused-ring (bicyclic) bond motifs is 1. The van der Waals surface area contributed by atoms with E-state index in [1.807, 2.05) is 24.3 Å². The molecule has 3 rings (SSSR count). The maximum Gasteiger partial charge on any atom is 0.186 e. The van der Waals surface area contributed by atoms with Gasteiger partial charge in [-0.25, -0.2) is 0 Å². The summed E-state index contributed by atoms with van der Waals surface area (Å²) in [6, 6.07) is 12.5. The van der Waals surface area contributed by atoms with Crippen LogP contribution in [0.1, 0.15) is 18.9 Å². The molecular formula is C19H19N3O3. The molecule has 25 heavy (non-hydrogen) atoms. The van der Waals surface area contributed by atoms with Crippen molar-refractivity contribution in [3.05, 3.63) is 60.7 Å². The molecule has 1 heterocycles. The molecule has 0 saturated heterocycles. The van der Waals surface area contributed by atoms with Gasteiger partial charge < -0.3 is 10.2 Å². The van der Waals surface area contributed by atoms with E-state index in [4.69, 9.17) is 0 Å². The van der Waals surface area contributed by atoms with Crippen LogP contribution in [0.2, 0.25) is 0 Å². The molecule has 6 nitrogen and oxygen atoms in total. The molecule has 0 aliphatic carbocycles. The summed E-state index contributed by atoms with van der Waals surface area (Å²) in [4.78, 5) is 13.1. The van der Waals surface area contributed by atoms with Crippen LogP contribution in [0.15, 0.2) is 55.1 Å². The fourth-order valence-corrected chi connectivity index (χ4v) is 2.58. The zero-order valence-electron chi connectivity index (χ0n) is 13.9. The van der Waals surface area contributed by atoms with Crippen LogP contribution in [0.3, 0.4) is 0 Å². The number of aromatic hydroxyl groups is 1. The average molecular weight is 337 g/mol. The van der Waals surface area contributed by atoms with E-state index in [1.54, 1.807) is 18.2 Å². The summed E-state index contributed by atoms with van der Waals surface area (Å²) in [5, 5.41) is 29.1. The summed E-state index contributed by atoms with van der Waals surface area (Å²) in [6.07, 6.45) is 1.83. The fourth-order valence-electron chi connectivity index (χ4n) is 2.58. The lowest BCUT2D eigenvalue weighted by atomic mass is 9.92. The van der Waals surface area contributed by atoms with E-state index >= 15 is 0 Å². The summed E-state index contributed by atoms with van der Waals surface area (Å²) < 4.78 is 0. The molecule has 0 saturated carbocycles. The van der Waals surface area contributed by atoms with Gasteiger partial charge in [-0.15, -0.1) is 15.0 Å². The predicted molar refractivity (Wildman–Crippen MR) is 94.7 cm³/mol. The second kappa shape index (κ2) is 6.49. The fraction of sp³-hybridized carbons (Fsp3) is 0.211. The third-order valence-electron chi connectivity index (χ3n) is 4.16. The van der Waals surface area contributed by atoms with Crippen LogP contribution in [-0.2, 0) is 11.2 Å². The van der Waals surface area contributed by atoms with Crippen molar-refractivity contribution in [3.63, 3.8) is 0 Å². The number of aromatic nitrogens is 3. The second-order valence-electron chi connectivity index (χ2n) is 6.14. The lowest BCUT2D eigenvalue weighted by Gasteiger charge is -2.19. The Morgan fingerprint density at radius 1 is 1.24 bits per heavy atom. The molecule has 1 aromatic heterocycles. The molecule has 0 aliphatic heterocycles. The third-order valence-corrected chi connectivity index (χ3v) is 4.16. The number of benzene rings is 2. The Hall–Kier alpha value is -2.99. The standard InChI is InChI=1S/C19H19N3O3/c1-3-18(24)19(2,25)11-10-13-8-9-17(23)16(12-13)22-20-14-6-4-5-7-15(14)21-22/h3-9,12,23,25H,1,10-11H2,2H3. The highest BCUT2D eigenvalue weighted by Crippen LogP contribution is 2.25. The highest BCUT2D eigenvalue weighted by atomic mass is 16.3. The number of phenols is 1. The first-order valence-electron chi connectivity index (χ1n) is 7.94. The van der Waals surface area contributed by atoms with Gasteiger partial charge in [0.25, 0.3) is 0 Å². The van der Waals surface area contributed by atoms with Crippen molar-refractivity contribution in [3.8, 4) is 11.4 Å². The summed E-state index contributed by atoms with van der Waals surface area (Å²) in [6.45, 7) is 4.88. The number of carbonyl (C=O) groups excluding carboxylic acids is 1. The molecule has 0 bridgehead atoms. The molecule has 1 unspecified atom stereocenters. The van der Waals surface area contributed by atoms with E-state index < -0.39 is 11.4 Å². The molecule has 6 heteroatoms. The van der Waals surface area contributed by atoms with E-state index in [1.165, 1.54) is 11.7 Å². The lowest BCUT2D eigenvalue weighted by molar-refractivity contribution is -0.131. The van der Waals surface area contributed by atoms with Crippen molar-refractivity contribution in [2.75, 3.05) is 0 Å². The summed E-state index contributed by atoms with van der Waals surface area (Å²) in [7, 11) is 0. The zero-order valence-corrected chi connectivity index (χ0v) is 13.9. The number of rotatable bonds is 6. The molecule has 0 aliphatic rings. The summed E-state index contributed by atoms with van der Waals surface area (Å²) in [5.74, 6) is -0.357. The van der Waals surface area contributed by atoms with Crippen LogP contribution in [-0.4, -0.2) is 36.6 Å². The van der Waals surface area contributed by atoms with Crippen LogP contribution in [0.25, 0.3) is 16.7 Å². The van der Waals surface area contributed by atoms with Gasteiger partial charge in [0.2, 0.25) is 0 Å². The number of aryl methyl sites for hydroxylation is 1. The Morgan fingerprint density at radius 2 is 1.88 bits per heavy atom. The molecule has 3 aromatic rings. The van der Waals surface area contributed by atoms with Gasteiger partial charge in [-0.2, -0.15) is 0 Å². The topological polar surface area (TPSA) is 88.2 Å². The normalized spacial score (nSPS) is 13.5. The molecule has 1 atom stereocenters. The minimum atomic E-state index is -1.46. The first-order valence-corrected chi connectivity index (χ1v) is 7.94. The molecule has 0 amide bonds. The van der Waals surface area contributed by atoms with Crippen LogP contribution >= 0.6 is 0 Å². The van der Waals surface area contributed by atoms with Crippen molar-refractivity contribution in [2.45, 2.75) is 25.4 Å². The SMILES string of the molecule is C=CC(=O)C(C)(O)CCc1ccc(O)c(-n2nc3ccccc3n2)c1. The maximum absolute atomic E-state index is 11.7. The number of hydrogen-bond donors (Lipinski definition) is 2. The molecule has 0 radical (unpaired) electrons. The van der Waals surface area contributed by atoms with Gasteiger partial charge in [-0.3, -0.25) is 4.79 Å². The quantitative estimate of drug-likeness (QED) is 0.675. The first kappa shape index (κ1) is 16.9. The van der Waals surface area contributed by atoms with Crippen molar-refractivity contribution < 1.29 is 15.0 Å². The number of hydrogen-bond acceptors (Lipinski definition) is 5. The Labute approximate surface area is 145 Å². The summed E-state index contributed by atoms with van der Waals surface area (Å²) in [5.41, 5.74) is 1.30. The molecule has 2 aromatic carbocycles. The number of carbonyl (C=O) groups is 1. The highest BCUT2D eigenvalue weighted by molar-refractivity contribution is 5.95. The van der Waals surface area contributed by atoms with Crippen molar-refractivity contribution in [1.29, 1.82) is 0 Å². The third kappa shape index (κ3) is 3.44. The minimum Gasteiger partial charge on any atom is -0.506 e. The highest BCUT2D eigenvalue weighted by Gasteiger charge is 2.27. The van der Waals surface area contributed by atoms with Crippen LogP contribution < -0.4 is 0 Å². The first-order chi connectivity index (χ1) is 11.9. The van der Waals surface area contributed by atoms with E-state index in [2.05, 4.69) is 16.8 Å². The van der Waals surface area contributed by atoms with Gasteiger partial charge in [0.15, 0.2) is 5.78 Å². The minimum absolute atomic E-state index is 0.0537. The Bertz CT molecular complexity index is 911. The van der Waals surface area contributed by atoms with Crippen LogP contribution in [0, 0.1) is 0 Å². The Balaban J connectivity index is 1.88. The van der Waals surface area contributed by atoms with E-state index in [9.17, 15) is 15.0 Å². The number of ketones is 1. The Kier molecular flexibility index (Phi) is 4.37. The van der Waals surface area contributed by atoms with Gasteiger partial charge in [0.05, 0.1) is 0 Å². The van der Waals surface area contributed by atoms with E-state index in [0.29, 0.717) is 12.1 Å². The number of phenolic OH excluding ortho intramolecular Hbond substituents is 1. The number of nitrogens with zero attached hydrogens (tertiary/aromatic N) is 3. The molecular weight excluding hydrogens is 318 g/mol. The van der Waals surface area contributed by atoms with Gasteiger partial charge in [-0.1, -0.05) is 24.8 Å². The zero-order chi connectivity index (χ0) is 18.0. The average Bonchev–Trinajstić information content (AvgIpc) is 3.04. The molecule has 0 fully saturated rings. The van der Waals surface area contributed by atoms with E-state index in [-0.39, 0.29) is 12.2 Å². The lowest BCUT2D eigenvalue weighted by Crippen LogP contribution is -2.34. The van der Waals surface area contributed by atoms with Crippen molar-refractivity contribution in [2.24, 2.45) is 0 Å². The molecule has 0 spiro atoms. The maximum atomic E-state index is 11.7. The van der Waals surface area contributed by atoms with Gasteiger partial charge >= 0.3 is 0 Å². The van der Waals surface area contributed by atoms with E-state index in [0.717, 1.165) is 22.7 Å².